The second-order valence-electron chi connectivity index (χ2n) is 8.81. The Kier molecular flexibility index (Phi) is 9.36. The standard InChI is InChI=1S/C27H32N2O8/c30-22-16-21(35-12-3-1-2-4-26(32)28-33)17-25-27(22)23(31)18-24(37-25)19-5-7-20(8-6-19)36-15-11-29-9-13-34-14-10-29/h5-8,16-18,30,33H,1-4,9-15H2,(H,28,32). The van der Waals surface area contributed by atoms with Crippen LogP contribution in [0.1, 0.15) is 25.7 Å². The fourth-order valence-electron chi connectivity index (χ4n) is 4.11. The summed E-state index contributed by atoms with van der Waals surface area (Å²) in [4.78, 5) is 26.1. The Hall–Kier alpha value is -3.60. The van der Waals surface area contributed by atoms with E-state index < -0.39 is 5.91 Å². The highest BCUT2D eigenvalue weighted by molar-refractivity contribution is 5.86. The number of ether oxygens (including phenoxy) is 3. The van der Waals surface area contributed by atoms with Gasteiger partial charge in [0.2, 0.25) is 5.91 Å². The SMILES string of the molecule is O=C(CCCCCOc1cc(O)c2c(=O)cc(-c3ccc(OCCN4CCOCC4)cc3)oc2c1)NO. The Labute approximate surface area is 214 Å². The van der Waals surface area contributed by atoms with Crippen molar-refractivity contribution in [1.82, 2.24) is 10.4 Å². The first-order chi connectivity index (χ1) is 18.0. The van der Waals surface area contributed by atoms with Crippen LogP contribution in [0.15, 0.2) is 51.7 Å². The van der Waals surface area contributed by atoms with Crippen LogP contribution in [-0.4, -0.2) is 67.2 Å². The summed E-state index contributed by atoms with van der Waals surface area (Å²) in [7, 11) is 0. The molecule has 10 nitrogen and oxygen atoms in total. The van der Waals surface area contributed by atoms with E-state index in [-0.39, 0.29) is 28.6 Å². The number of carbonyl (C=O) groups is 1. The van der Waals surface area contributed by atoms with Gasteiger partial charge in [-0.25, -0.2) is 5.48 Å². The highest BCUT2D eigenvalue weighted by atomic mass is 16.5. The van der Waals surface area contributed by atoms with E-state index in [1.54, 1.807) is 11.5 Å². The predicted molar refractivity (Wildman–Crippen MR) is 136 cm³/mol. The number of amides is 1. The number of rotatable bonds is 12. The maximum Gasteiger partial charge on any atom is 0.243 e. The van der Waals surface area contributed by atoms with Crippen molar-refractivity contribution in [3.63, 3.8) is 0 Å². The Bertz CT molecular complexity index is 1240. The van der Waals surface area contributed by atoms with Gasteiger partial charge in [0.15, 0.2) is 5.43 Å². The zero-order chi connectivity index (χ0) is 26.0. The molecule has 1 fully saturated rings. The molecule has 1 saturated heterocycles. The third-order valence-corrected chi connectivity index (χ3v) is 6.14. The third kappa shape index (κ3) is 7.45. The molecule has 2 heterocycles. The number of nitrogens with one attached hydrogen (secondary N) is 1. The molecule has 1 aliphatic rings. The van der Waals surface area contributed by atoms with Gasteiger partial charge >= 0.3 is 0 Å². The molecular formula is C27H32N2O8. The molecule has 4 rings (SSSR count). The fraction of sp³-hybridized carbons (Fsp3) is 0.407. The van der Waals surface area contributed by atoms with Crippen molar-refractivity contribution < 1.29 is 33.7 Å². The monoisotopic (exact) mass is 512 g/mol. The Balaban J connectivity index is 1.37. The van der Waals surface area contributed by atoms with Gasteiger partial charge in [-0.2, -0.15) is 0 Å². The van der Waals surface area contributed by atoms with Crippen LogP contribution in [0.4, 0.5) is 0 Å². The van der Waals surface area contributed by atoms with Crippen LogP contribution in [-0.2, 0) is 9.53 Å². The highest BCUT2D eigenvalue weighted by Crippen LogP contribution is 2.31. The normalized spacial score (nSPS) is 14.0. The molecule has 37 heavy (non-hydrogen) atoms. The molecular weight excluding hydrogens is 480 g/mol. The summed E-state index contributed by atoms with van der Waals surface area (Å²) in [6.07, 6.45) is 2.28. The van der Waals surface area contributed by atoms with Gasteiger partial charge in [-0.1, -0.05) is 0 Å². The Morgan fingerprint density at radius 1 is 0.973 bits per heavy atom. The average molecular weight is 513 g/mol. The fourth-order valence-corrected chi connectivity index (χ4v) is 4.11. The largest absolute Gasteiger partial charge is 0.507 e. The van der Waals surface area contributed by atoms with E-state index >= 15 is 0 Å². The quantitative estimate of drug-likeness (QED) is 0.190. The van der Waals surface area contributed by atoms with E-state index in [0.717, 1.165) is 45.0 Å². The van der Waals surface area contributed by atoms with Gasteiger partial charge < -0.3 is 23.7 Å². The molecule has 3 aromatic rings. The lowest BCUT2D eigenvalue weighted by atomic mass is 10.1. The first kappa shape index (κ1) is 26.5. The van der Waals surface area contributed by atoms with Crippen LogP contribution in [0.3, 0.4) is 0 Å². The summed E-state index contributed by atoms with van der Waals surface area (Å²) in [6.45, 7) is 5.11. The second kappa shape index (κ2) is 13.1. The van der Waals surface area contributed by atoms with Gasteiger partial charge in [0.25, 0.3) is 0 Å². The van der Waals surface area contributed by atoms with Crippen LogP contribution in [0, 0.1) is 0 Å². The predicted octanol–water partition coefficient (Wildman–Crippen LogP) is 3.32. The first-order valence-corrected chi connectivity index (χ1v) is 12.4. The summed E-state index contributed by atoms with van der Waals surface area (Å²) >= 11 is 0. The molecule has 3 N–H and O–H groups in total. The summed E-state index contributed by atoms with van der Waals surface area (Å²) < 4.78 is 22.9. The molecule has 1 aromatic heterocycles. The average Bonchev–Trinajstić information content (AvgIpc) is 2.91. The number of hydrogen-bond donors (Lipinski definition) is 3. The number of aromatic hydroxyl groups is 1. The molecule has 0 radical (unpaired) electrons. The summed E-state index contributed by atoms with van der Waals surface area (Å²) in [5.74, 6) is 0.845. The van der Waals surface area contributed by atoms with Crippen molar-refractivity contribution in [3.05, 3.63) is 52.7 Å². The molecule has 1 aliphatic heterocycles. The summed E-state index contributed by atoms with van der Waals surface area (Å²) in [5, 5.41) is 19.0. The summed E-state index contributed by atoms with van der Waals surface area (Å²) in [6, 6.07) is 11.7. The molecule has 0 atom stereocenters. The molecule has 0 spiro atoms. The van der Waals surface area contributed by atoms with Crippen molar-refractivity contribution in [3.8, 4) is 28.6 Å². The van der Waals surface area contributed by atoms with Crippen LogP contribution < -0.4 is 20.4 Å². The number of nitrogens with zero attached hydrogens (tertiary/aromatic N) is 1. The molecule has 0 aliphatic carbocycles. The first-order valence-electron chi connectivity index (χ1n) is 12.4. The number of carbonyl (C=O) groups excluding carboxylic acids is 1. The lowest BCUT2D eigenvalue weighted by Crippen LogP contribution is -2.38. The van der Waals surface area contributed by atoms with Gasteiger partial charge in [0, 0.05) is 49.8 Å². The minimum absolute atomic E-state index is 0.0918. The molecule has 2 aromatic carbocycles. The third-order valence-electron chi connectivity index (χ3n) is 6.14. The van der Waals surface area contributed by atoms with Gasteiger partial charge in [0.1, 0.15) is 40.6 Å². The zero-order valence-corrected chi connectivity index (χ0v) is 20.6. The van der Waals surface area contributed by atoms with Crippen molar-refractivity contribution >= 4 is 16.9 Å². The molecule has 198 valence electrons. The number of phenolic OH excluding ortho intramolecular Hbond substituents is 1. The van der Waals surface area contributed by atoms with Gasteiger partial charge in [-0.05, 0) is 43.5 Å². The van der Waals surface area contributed by atoms with E-state index in [9.17, 15) is 14.7 Å². The molecule has 1 amide bonds. The molecule has 0 saturated carbocycles. The minimum atomic E-state index is -0.419. The number of unbranched alkanes of at least 4 members (excludes halogenated alkanes) is 2. The van der Waals surface area contributed by atoms with Crippen molar-refractivity contribution in [1.29, 1.82) is 0 Å². The van der Waals surface area contributed by atoms with Crippen LogP contribution in [0.25, 0.3) is 22.3 Å². The molecule has 0 unspecified atom stereocenters. The van der Waals surface area contributed by atoms with Crippen LogP contribution in [0.5, 0.6) is 17.2 Å². The van der Waals surface area contributed by atoms with Gasteiger partial charge in [-0.3, -0.25) is 19.7 Å². The molecule has 0 bridgehead atoms. The number of fused-ring (bicyclic) bond motifs is 1. The van der Waals surface area contributed by atoms with E-state index in [2.05, 4.69) is 4.90 Å². The zero-order valence-electron chi connectivity index (χ0n) is 20.6. The maximum atomic E-state index is 12.7. The van der Waals surface area contributed by atoms with Crippen LogP contribution in [0.2, 0.25) is 0 Å². The Morgan fingerprint density at radius 3 is 2.49 bits per heavy atom. The Morgan fingerprint density at radius 2 is 1.73 bits per heavy atom. The van der Waals surface area contributed by atoms with E-state index in [0.29, 0.717) is 43.1 Å². The maximum absolute atomic E-state index is 12.7. The van der Waals surface area contributed by atoms with Crippen molar-refractivity contribution in [2.45, 2.75) is 25.7 Å². The second-order valence-corrected chi connectivity index (χ2v) is 8.81. The highest BCUT2D eigenvalue weighted by Gasteiger charge is 2.14. The lowest BCUT2D eigenvalue weighted by Gasteiger charge is -2.26. The number of hydroxylamine groups is 1. The number of morpholine rings is 1. The van der Waals surface area contributed by atoms with E-state index in [4.69, 9.17) is 23.8 Å². The minimum Gasteiger partial charge on any atom is -0.507 e. The number of hydrogen-bond acceptors (Lipinski definition) is 9. The van der Waals surface area contributed by atoms with Crippen molar-refractivity contribution in [2.24, 2.45) is 0 Å². The lowest BCUT2D eigenvalue weighted by molar-refractivity contribution is -0.129. The van der Waals surface area contributed by atoms with Crippen LogP contribution >= 0.6 is 0 Å². The van der Waals surface area contributed by atoms with E-state index in [1.165, 1.54) is 12.1 Å². The molecule has 10 heteroatoms. The van der Waals surface area contributed by atoms with Crippen molar-refractivity contribution in [2.75, 3.05) is 46.1 Å². The summed E-state index contributed by atoms with van der Waals surface area (Å²) in [5.41, 5.74) is 2.18. The van der Waals surface area contributed by atoms with Gasteiger partial charge in [0.05, 0.1) is 19.8 Å². The van der Waals surface area contributed by atoms with E-state index in [1.807, 2.05) is 24.3 Å². The van der Waals surface area contributed by atoms with Gasteiger partial charge in [-0.15, -0.1) is 0 Å². The number of phenols is 1. The topological polar surface area (TPSA) is 131 Å². The smallest absolute Gasteiger partial charge is 0.243 e. The number of benzene rings is 2.